The first-order chi connectivity index (χ1) is 9.61. The molecule has 0 radical (unpaired) electrons. The molecule has 0 N–H and O–H groups in total. The topological polar surface area (TPSA) is 112 Å². The van der Waals surface area contributed by atoms with Gasteiger partial charge in [-0.05, 0) is 30.5 Å². The minimum absolute atomic E-state index is 0.0383. The first-order valence-corrected chi connectivity index (χ1v) is 6.20. The summed E-state index contributed by atoms with van der Waals surface area (Å²) in [5, 5.41) is 14.2. The van der Waals surface area contributed by atoms with Crippen LogP contribution in [-0.4, -0.2) is 34.9 Å². The van der Waals surface area contributed by atoms with Gasteiger partial charge in [0.15, 0.2) is 0 Å². The van der Waals surface area contributed by atoms with Crippen LogP contribution in [0.25, 0.3) is 10.4 Å². The molecular weight excluding hydrogens is 262 g/mol. The molecule has 104 valence electrons. The fourth-order valence-electron chi connectivity index (χ4n) is 2.17. The summed E-state index contributed by atoms with van der Waals surface area (Å²) in [6, 6.07) is 5.50. The van der Waals surface area contributed by atoms with Gasteiger partial charge in [0.25, 0.3) is 11.6 Å². The zero-order chi connectivity index (χ0) is 14.5. The maximum atomic E-state index is 12.2. The van der Waals surface area contributed by atoms with Crippen molar-refractivity contribution in [3.8, 4) is 0 Å². The van der Waals surface area contributed by atoms with E-state index in [4.69, 9.17) is 5.53 Å². The number of nitro groups is 1. The first kappa shape index (κ1) is 13.8. The van der Waals surface area contributed by atoms with Gasteiger partial charge in [-0.1, -0.05) is 5.11 Å². The predicted molar refractivity (Wildman–Crippen MR) is 71.2 cm³/mol. The molecule has 0 aliphatic carbocycles. The monoisotopic (exact) mass is 275 g/mol. The van der Waals surface area contributed by atoms with Crippen molar-refractivity contribution in [2.24, 2.45) is 5.11 Å². The normalized spacial score (nSPS) is 15.5. The Morgan fingerprint density at radius 2 is 1.95 bits per heavy atom. The first-order valence-electron chi connectivity index (χ1n) is 6.20. The Balaban J connectivity index is 2.01. The molecule has 0 bridgehead atoms. The number of benzene rings is 1. The zero-order valence-corrected chi connectivity index (χ0v) is 10.7. The molecule has 0 atom stereocenters. The van der Waals surface area contributed by atoms with Gasteiger partial charge in [-0.25, -0.2) is 0 Å². The Labute approximate surface area is 114 Å². The lowest BCUT2D eigenvalue weighted by Crippen LogP contribution is -2.39. The summed E-state index contributed by atoms with van der Waals surface area (Å²) >= 11 is 0. The third kappa shape index (κ3) is 3.04. The van der Waals surface area contributed by atoms with Crippen LogP contribution in [0, 0.1) is 10.1 Å². The molecule has 1 aliphatic heterocycles. The summed E-state index contributed by atoms with van der Waals surface area (Å²) in [6.07, 6.45) is 1.28. The number of nitrogens with zero attached hydrogens (tertiary/aromatic N) is 5. The maximum absolute atomic E-state index is 12.2. The lowest BCUT2D eigenvalue weighted by molar-refractivity contribution is -0.384. The van der Waals surface area contributed by atoms with Gasteiger partial charge >= 0.3 is 0 Å². The summed E-state index contributed by atoms with van der Waals surface area (Å²) in [4.78, 5) is 26.7. The van der Waals surface area contributed by atoms with E-state index >= 15 is 0 Å². The summed E-state index contributed by atoms with van der Waals surface area (Å²) < 4.78 is 0. The summed E-state index contributed by atoms with van der Waals surface area (Å²) in [6.45, 7) is 1.05. The van der Waals surface area contributed by atoms with Crippen LogP contribution in [0.4, 0.5) is 5.69 Å². The predicted octanol–water partition coefficient (Wildman–Crippen LogP) is 2.51. The Bertz CT molecular complexity index is 557. The Morgan fingerprint density at radius 3 is 2.45 bits per heavy atom. The molecule has 2 rings (SSSR count). The number of carbonyl (C=O) groups is 1. The van der Waals surface area contributed by atoms with Gasteiger partial charge in [0.1, 0.15) is 0 Å². The van der Waals surface area contributed by atoms with Crippen LogP contribution >= 0.6 is 0 Å². The Morgan fingerprint density at radius 1 is 1.35 bits per heavy atom. The SMILES string of the molecule is [N-]=[N+]=NC1CCN(C(=O)c2ccc([N+](=O)[O-])cc2)CC1. The highest BCUT2D eigenvalue weighted by Crippen LogP contribution is 2.18. The van der Waals surface area contributed by atoms with E-state index in [-0.39, 0.29) is 17.6 Å². The fourth-order valence-corrected chi connectivity index (χ4v) is 2.17. The third-order valence-electron chi connectivity index (χ3n) is 3.29. The van der Waals surface area contributed by atoms with Crippen LogP contribution in [-0.2, 0) is 0 Å². The van der Waals surface area contributed by atoms with Crippen LogP contribution in [0.15, 0.2) is 29.4 Å². The molecule has 0 saturated carbocycles. The highest BCUT2D eigenvalue weighted by Gasteiger charge is 2.23. The third-order valence-corrected chi connectivity index (χ3v) is 3.29. The number of non-ortho nitro benzene ring substituents is 1. The van der Waals surface area contributed by atoms with Crippen LogP contribution in [0.3, 0.4) is 0 Å². The van der Waals surface area contributed by atoms with Crippen LogP contribution in [0.5, 0.6) is 0 Å². The van der Waals surface area contributed by atoms with E-state index in [2.05, 4.69) is 10.0 Å². The Kier molecular flexibility index (Phi) is 4.17. The highest BCUT2D eigenvalue weighted by molar-refractivity contribution is 5.94. The van der Waals surface area contributed by atoms with E-state index in [1.165, 1.54) is 24.3 Å². The average molecular weight is 275 g/mol. The molecule has 1 aromatic carbocycles. The molecule has 1 aromatic rings. The zero-order valence-electron chi connectivity index (χ0n) is 10.7. The van der Waals surface area contributed by atoms with Crippen molar-refractivity contribution in [2.45, 2.75) is 18.9 Å². The summed E-state index contributed by atoms with van der Waals surface area (Å²) in [7, 11) is 0. The molecule has 8 heteroatoms. The van der Waals surface area contributed by atoms with E-state index in [1.54, 1.807) is 4.90 Å². The molecule has 1 fully saturated rings. The maximum Gasteiger partial charge on any atom is 0.269 e. The number of amides is 1. The number of hydrogen-bond acceptors (Lipinski definition) is 4. The van der Waals surface area contributed by atoms with Gasteiger partial charge in [0.2, 0.25) is 0 Å². The van der Waals surface area contributed by atoms with Crippen molar-refractivity contribution >= 4 is 11.6 Å². The van der Waals surface area contributed by atoms with Gasteiger partial charge in [0.05, 0.1) is 4.92 Å². The fraction of sp³-hybridized carbons (Fsp3) is 0.417. The van der Waals surface area contributed by atoms with Crippen molar-refractivity contribution in [3.05, 3.63) is 50.4 Å². The number of hydrogen-bond donors (Lipinski definition) is 0. The number of azide groups is 1. The number of carbonyl (C=O) groups excluding carboxylic acids is 1. The van der Waals surface area contributed by atoms with Crippen molar-refractivity contribution in [1.82, 2.24) is 4.90 Å². The molecule has 1 amide bonds. The van der Waals surface area contributed by atoms with Gasteiger partial charge < -0.3 is 4.90 Å². The van der Waals surface area contributed by atoms with Gasteiger partial charge in [-0.2, -0.15) is 0 Å². The summed E-state index contributed by atoms with van der Waals surface area (Å²) in [5.41, 5.74) is 8.76. The molecule has 20 heavy (non-hydrogen) atoms. The van der Waals surface area contributed by atoms with Crippen molar-refractivity contribution < 1.29 is 9.72 Å². The second kappa shape index (κ2) is 6.03. The minimum atomic E-state index is -0.500. The molecular formula is C12H13N5O3. The van der Waals surface area contributed by atoms with Crippen molar-refractivity contribution in [3.63, 3.8) is 0 Å². The summed E-state index contributed by atoms with van der Waals surface area (Å²) in [5.74, 6) is -0.153. The standard InChI is InChI=1S/C12H13N5O3/c13-15-14-10-5-7-16(8-6-10)12(18)9-1-3-11(4-2-9)17(19)20/h1-4,10H,5-8H2. The molecule has 1 aliphatic rings. The lowest BCUT2D eigenvalue weighted by Gasteiger charge is -2.30. The van der Waals surface area contributed by atoms with E-state index < -0.39 is 4.92 Å². The smallest absolute Gasteiger partial charge is 0.269 e. The average Bonchev–Trinajstić information content (AvgIpc) is 2.48. The van der Waals surface area contributed by atoms with E-state index in [9.17, 15) is 14.9 Å². The number of piperidine rings is 1. The van der Waals surface area contributed by atoms with E-state index in [0.717, 1.165) is 0 Å². The molecule has 0 unspecified atom stereocenters. The van der Waals surface area contributed by atoms with E-state index in [0.29, 0.717) is 31.5 Å². The van der Waals surface area contributed by atoms with Gasteiger partial charge in [-0.3, -0.25) is 14.9 Å². The van der Waals surface area contributed by atoms with Crippen LogP contribution in [0.2, 0.25) is 0 Å². The molecule has 1 saturated heterocycles. The largest absolute Gasteiger partial charge is 0.339 e. The lowest BCUT2D eigenvalue weighted by atomic mass is 10.0. The molecule has 8 nitrogen and oxygen atoms in total. The second-order valence-electron chi connectivity index (χ2n) is 4.53. The number of rotatable bonds is 3. The molecule has 1 heterocycles. The van der Waals surface area contributed by atoms with Gasteiger partial charge in [-0.15, -0.1) is 0 Å². The van der Waals surface area contributed by atoms with Crippen molar-refractivity contribution in [1.29, 1.82) is 0 Å². The second-order valence-corrected chi connectivity index (χ2v) is 4.53. The van der Waals surface area contributed by atoms with Crippen LogP contribution < -0.4 is 0 Å². The van der Waals surface area contributed by atoms with Crippen LogP contribution in [0.1, 0.15) is 23.2 Å². The molecule has 0 spiro atoms. The number of likely N-dealkylation sites (tertiary alicyclic amines) is 1. The minimum Gasteiger partial charge on any atom is -0.339 e. The highest BCUT2D eigenvalue weighted by atomic mass is 16.6. The van der Waals surface area contributed by atoms with Gasteiger partial charge in [0, 0.05) is 41.7 Å². The van der Waals surface area contributed by atoms with Crippen molar-refractivity contribution in [2.75, 3.05) is 13.1 Å². The number of nitro benzene ring substituents is 1. The quantitative estimate of drug-likeness (QED) is 0.277. The molecule has 0 aromatic heterocycles. The van der Waals surface area contributed by atoms with E-state index in [1.807, 2.05) is 0 Å². The Hall–Kier alpha value is -2.60.